The second-order valence-corrected chi connectivity index (χ2v) is 6.97. The summed E-state index contributed by atoms with van der Waals surface area (Å²) >= 11 is 0. The minimum Gasteiger partial charge on any atom is -0.353 e. The molecule has 1 N–H and O–H groups in total. The fraction of sp³-hybridized carbons (Fsp3) is 0.765. The van der Waals surface area contributed by atoms with Crippen molar-refractivity contribution < 1.29 is 0 Å². The Balaban J connectivity index is 1.50. The van der Waals surface area contributed by atoms with Gasteiger partial charge in [-0.1, -0.05) is 32.1 Å². The van der Waals surface area contributed by atoms with Crippen molar-refractivity contribution in [3.63, 3.8) is 0 Å². The van der Waals surface area contributed by atoms with Gasteiger partial charge in [0.2, 0.25) is 0 Å². The fourth-order valence-electron chi connectivity index (χ4n) is 3.88. The summed E-state index contributed by atoms with van der Waals surface area (Å²) in [6.45, 7) is 0.842. The molecule has 122 valence electrons. The number of aromatic nitrogens is 2. The summed E-state index contributed by atoms with van der Waals surface area (Å²) in [5, 5.41) is 7.89. The molecular weight excluding hydrogens is 274 g/mol. The van der Waals surface area contributed by atoms with Crippen LogP contribution in [0.5, 0.6) is 0 Å². The number of aryl methyl sites for hydroxylation is 1. The highest BCUT2D eigenvalue weighted by Gasteiger charge is 2.43. The van der Waals surface area contributed by atoms with Crippen LogP contribution < -0.4 is 5.32 Å². The van der Waals surface area contributed by atoms with Crippen LogP contribution in [-0.2, 0) is 13.6 Å². The quantitative estimate of drug-likeness (QED) is 0.686. The number of hydrogen-bond acceptors (Lipinski definition) is 2. The molecule has 0 saturated heterocycles. The zero-order valence-electron chi connectivity index (χ0n) is 14.1. The average molecular weight is 303 g/mol. The van der Waals surface area contributed by atoms with Crippen LogP contribution in [0.3, 0.4) is 0 Å². The van der Waals surface area contributed by atoms with E-state index in [2.05, 4.69) is 33.6 Å². The number of rotatable bonds is 4. The van der Waals surface area contributed by atoms with Crippen LogP contribution in [0.15, 0.2) is 17.4 Å². The first-order valence-electron chi connectivity index (χ1n) is 8.59. The summed E-state index contributed by atoms with van der Waals surface area (Å²) in [4.78, 5) is 6.64. The Morgan fingerprint density at radius 2 is 2.18 bits per heavy atom. The van der Waals surface area contributed by atoms with Crippen LogP contribution in [0.1, 0.15) is 44.1 Å². The summed E-state index contributed by atoms with van der Waals surface area (Å²) in [6.07, 6.45) is 12.5. The Bertz CT molecular complexity index is 515. The second kappa shape index (κ2) is 6.71. The summed E-state index contributed by atoms with van der Waals surface area (Å²) in [7, 11) is 5.93. The molecule has 2 fully saturated rings. The summed E-state index contributed by atoms with van der Waals surface area (Å²) in [6, 6.07) is 0.637. The molecule has 2 unspecified atom stereocenters. The highest BCUT2D eigenvalue weighted by molar-refractivity contribution is 5.80. The molecule has 2 aliphatic carbocycles. The first-order valence-corrected chi connectivity index (χ1v) is 8.59. The number of guanidine groups is 1. The van der Waals surface area contributed by atoms with Gasteiger partial charge in [0.25, 0.3) is 0 Å². The molecule has 0 bridgehead atoms. The highest BCUT2D eigenvalue weighted by Crippen LogP contribution is 2.44. The molecule has 0 amide bonds. The van der Waals surface area contributed by atoms with E-state index in [1.165, 1.54) is 44.1 Å². The lowest BCUT2D eigenvalue weighted by Crippen LogP contribution is -2.40. The fourth-order valence-corrected chi connectivity index (χ4v) is 3.88. The molecule has 1 heterocycles. The minimum atomic E-state index is 0.637. The van der Waals surface area contributed by atoms with Gasteiger partial charge in [-0.2, -0.15) is 5.10 Å². The number of hydrogen-bond donors (Lipinski definition) is 1. The Morgan fingerprint density at radius 3 is 2.82 bits per heavy atom. The Morgan fingerprint density at radius 1 is 1.41 bits per heavy atom. The van der Waals surface area contributed by atoms with E-state index in [1.807, 2.05) is 25.0 Å². The predicted molar refractivity (Wildman–Crippen MR) is 89.6 cm³/mol. The first-order chi connectivity index (χ1) is 10.7. The molecule has 5 heteroatoms. The van der Waals surface area contributed by atoms with Crippen molar-refractivity contribution in [2.75, 3.05) is 14.1 Å². The molecule has 3 rings (SSSR count). The van der Waals surface area contributed by atoms with Crippen LogP contribution >= 0.6 is 0 Å². The van der Waals surface area contributed by atoms with Gasteiger partial charge in [0, 0.05) is 45.5 Å². The maximum absolute atomic E-state index is 4.45. The maximum atomic E-state index is 4.45. The smallest absolute Gasteiger partial charge is 0.193 e. The zero-order chi connectivity index (χ0) is 15.5. The van der Waals surface area contributed by atoms with Crippen LogP contribution in [0, 0.1) is 11.8 Å². The summed E-state index contributed by atoms with van der Waals surface area (Å²) in [5.74, 6) is 2.84. The lowest BCUT2D eigenvalue weighted by Gasteiger charge is -2.24. The van der Waals surface area contributed by atoms with E-state index >= 15 is 0 Å². The normalized spacial score (nSPS) is 26.0. The maximum Gasteiger partial charge on any atom is 0.193 e. The van der Waals surface area contributed by atoms with Gasteiger partial charge in [-0.05, 0) is 18.3 Å². The van der Waals surface area contributed by atoms with Crippen molar-refractivity contribution in [3.8, 4) is 0 Å². The molecule has 5 nitrogen and oxygen atoms in total. The average Bonchev–Trinajstić information content (AvgIpc) is 3.19. The van der Waals surface area contributed by atoms with Crippen molar-refractivity contribution in [2.24, 2.45) is 23.9 Å². The van der Waals surface area contributed by atoms with Crippen LogP contribution in [-0.4, -0.2) is 40.8 Å². The lowest BCUT2D eigenvalue weighted by atomic mass is 9.85. The molecule has 2 saturated carbocycles. The third kappa shape index (κ3) is 3.62. The summed E-state index contributed by atoms with van der Waals surface area (Å²) < 4.78 is 1.85. The van der Waals surface area contributed by atoms with Crippen molar-refractivity contribution in [3.05, 3.63) is 18.0 Å². The lowest BCUT2D eigenvalue weighted by molar-refractivity contribution is 0.314. The third-order valence-electron chi connectivity index (χ3n) is 5.16. The molecule has 1 aromatic rings. The third-order valence-corrected chi connectivity index (χ3v) is 5.16. The van der Waals surface area contributed by atoms with Gasteiger partial charge in [0.15, 0.2) is 5.96 Å². The molecule has 1 aromatic heterocycles. The Kier molecular flexibility index (Phi) is 4.69. The van der Waals surface area contributed by atoms with Gasteiger partial charge < -0.3 is 10.2 Å². The molecule has 22 heavy (non-hydrogen) atoms. The highest BCUT2D eigenvalue weighted by atomic mass is 15.3. The van der Waals surface area contributed by atoms with Crippen LogP contribution in [0.25, 0.3) is 0 Å². The van der Waals surface area contributed by atoms with E-state index in [-0.39, 0.29) is 0 Å². The molecule has 0 aromatic carbocycles. The van der Waals surface area contributed by atoms with Crippen LogP contribution in [0.4, 0.5) is 0 Å². The van der Waals surface area contributed by atoms with Gasteiger partial charge >= 0.3 is 0 Å². The predicted octanol–water partition coefficient (Wildman–Crippen LogP) is 2.40. The van der Waals surface area contributed by atoms with Crippen molar-refractivity contribution >= 4 is 5.96 Å². The number of nitrogens with one attached hydrogen (secondary N) is 1. The first kappa shape index (κ1) is 15.4. The van der Waals surface area contributed by atoms with Gasteiger partial charge in [0.05, 0.1) is 6.20 Å². The standard InChI is InChI=1S/C17H29N5/c1-18-17(21(2)11-13-10-19-22(3)12-13)20-16-9-15(16)14-7-5-4-6-8-14/h10,12,14-16H,4-9,11H2,1-3H3,(H,18,20). The topological polar surface area (TPSA) is 45.5 Å². The summed E-state index contributed by atoms with van der Waals surface area (Å²) in [5.41, 5.74) is 1.22. The van der Waals surface area contributed by atoms with E-state index in [0.29, 0.717) is 6.04 Å². The van der Waals surface area contributed by atoms with Gasteiger partial charge in [-0.3, -0.25) is 9.67 Å². The van der Waals surface area contributed by atoms with Gasteiger partial charge in [-0.25, -0.2) is 0 Å². The minimum absolute atomic E-state index is 0.637. The van der Waals surface area contributed by atoms with Crippen molar-refractivity contribution in [2.45, 2.75) is 51.1 Å². The van der Waals surface area contributed by atoms with Crippen LogP contribution in [0.2, 0.25) is 0 Å². The Hall–Kier alpha value is -1.52. The van der Waals surface area contributed by atoms with E-state index < -0.39 is 0 Å². The van der Waals surface area contributed by atoms with Gasteiger partial charge in [-0.15, -0.1) is 0 Å². The van der Waals surface area contributed by atoms with E-state index in [1.54, 1.807) is 0 Å². The van der Waals surface area contributed by atoms with Gasteiger partial charge in [0.1, 0.15) is 0 Å². The largest absolute Gasteiger partial charge is 0.353 e. The Labute approximate surface area is 133 Å². The number of aliphatic imine (C=N–C) groups is 1. The number of nitrogens with zero attached hydrogens (tertiary/aromatic N) is 4. The van der Waals surface area contributed by atoms with E-state index in [0.717, 1.165) is 24.3 Å². The monoisotopic (exact) mass is 303 g/mol. The molecule has 2 atom stereocenters. The van der Waals surface area contributed by atoms with Crippen molar-refractivity contribution in [1.82, 2.24) is 20.0 Å². The molecular formula is C17H29N5. The van der Waals surface area contributed by atoms with E-state index in [9.17, 15) is 0 Å². The zero-order valence-corrected chi connectivity index (χ0v) is 14.1. The molecule has 2 aliphatic rings. The SMILES string of the molecule is CN=C(NC1CC1C1CCCCC1)N(C)Cc1cnn(C)c1. The molecule has 0 spiro atoms. The second-order valence-electron chi connectivity index (χ2n) is 6.97. The molecule has 0 radical (unpaired) electrons. The van der Waals surface area contributed by atoms with Crippen molar-refractivity contribution in [1.29, 1.82) is 0 Å². The molecule has 0 aliphatic heterocycles. The van der Waals surface area contributed by atoms with E-state index in [4.69, 9.17) is 0 Å².